The molecule has 0 spiro atoms. The maximum Gasteiger partial charge on any atom is 0.222 e. The molecule has 7 heteroatoms. The molecule has 0 bridgehead atoms. The number of nitrogens with two attached hydrogens (primary N) is 1. The lowest BCUT2D eigenvalue weighted by Gasteiger charge is -2.32. The molecule has 0 aliphatic carbocycles. The average Bonchev–Trinajstić information content (AvgIpc) is 3.19. The van der Waals surface area contributed by atoms with Crippen LogP contribution in [0, 0.1) is 11.6 Å². The lowest BCUT2D eigenvalue weighted by atomic mass is 10.1. The Hall–Kier alpha value is -2.83. The van der Waals surface area contributed by atoms with E-state index in [1.54, 1.807) is 18.2 Å². The summed E-state index contributed by atoms with van der Waals surface area (Å²) in [6, 6.07) is 8.87. The van der Waals surface area contributed by atoms with Crippen molar-refractivity contribution in [2.75, 3.05) is 23.7 Å². The number of halogens is 2. The minimum Gasteiger partial charge on any atom is -0.506 e. The van der Waals surface area contributed by atoms with Gasteiger partial charge in [0.1, 0.15) is 5.75 Å². The lowest BCUT2D eigenvalue weighted by Crippen LogP contribution is -2.39. The van der Waals surface area contributed by atoms with Crippen LogP contribution < -0.4 is 10.6 Å². The number of amides is 1. The molecule has 1 atom stereocenters. The number of carbonyl (C=O) groups is 1. The van der Waals surface area contributed by atoms with E-state index in [1.807, 2.05) is 16.7 Å². The zero-order valence-corrected chi connectivity index (χ0v) is 16.6. The summed E-state index contributed by atoms with van der Waals surface area (Å²) in [6.45, 7) is 3.29. The fraction of sp³-hybridized carbons (Fsp3) is 0.409. The van der Waals surface area contributed by atoms with E-state index in [4.69, 9.17) is 5.73 Å². The van der Waals surface area contributed by atoms with Gasteiger partial charge in [-0.2, -0.15) is 0 Å². The van der Waals surface area contributed by atoms with Gasteiger partial charge in [-0.15, -0.1) is 0 Å². The summed E-state index contributed by atoms with van der Waals surface area (Å²) < 4.78 is 28.0. The first-order valence-corrected chi connectivity index (χ1v) is 9.96. The Morgan fingerprint density at radius 3 is 2.83 bits per heavy atom. The van der Waals surface area contributed by atoms with Crippen molar-refractivity contribution in [3.05, 3.63) is 53.6 Å². The van der Waals surface area contributed by atoms with E-state index in [1.165, 1.54) is 12.1 Å². The Morgan fingerprint density at radius 2 is 2.10 bits per heavy atom. The van der Waals surface area contributed by atoms with Gasteiger partial charge in [-0.3, -0.25) is 4.79 Å². The monoisotopic (exact) mass is 403 g/mol. The molecule has 2 aromatic carbocycles. The zero-order valence-electron chi connectivity index (χ0n) is 16.6. The maximum absolute atomic E-state index is 14.3. The van der Waals surface area contributed by atoms with Crippen LogP contribution in [0.2, 0.25) is 0 Å². The highest BCUT2D eigenvalue weighted by Crippen LogP contribution is 2.31. The van der Waals surface area contributed by atoms with Gasteiger partial charge in [-0.25, -0.2) is 8.78 Å². The number of unbranched alkanes of at least 4 members (excludes halogenated alkanes) is 1. The van der Waals surface area contributed by atoms with E-state index in [-0.39, 0.29) is 35.5 Å². The standard InChI is InChI=1S/C22H27F2N3O2/c1-2-3-7-21(29)26-11-10-17(14-26)27(16-8-9-19(25)20(28)12-16)13-15-5-4-6-18(23)22(15)24/h4-6,8-9,12,17,28H,2-3,7,10-11,13-14,25H2,1H3/t17-/m0/s1. The van der Waals surface area contributed by atoms with E-state index in [2.05, 4.69) is 0 Å². The second kappa shape index (κ2) is 9.11. The predicted molar refractivity (Wildman–Crippen MR) is 110 cm³/mol. The van der Waals surface area contributed by atoms with Crippen molar-refractivity contribution in [1.29, 1.82) is 0 Å². The van der Waals surface area contributed by atoms with Gasteiger partial charge in [0.05, 0.1) is 5.69 Å². The van der Waals surface area contributed by atoms with E-state index in [0.29, 0.717) is 31.6 Å². The Kier molecular flexibility index (Phi) is 6.56. The number of anilines is 2. The Labute approximate surface area is 169 Å². The fourth-order valence-corrected chi connectivity index (χ4v) is 3.70. The van der Waals surface area contributed by atoms with Gasteiger partial charge in [0.15, 0.2) is 11.6 Å². The molecule has 2 aromatic rings. The van der Waals surface area contributed by atoms with Crippen molar-refractivity contribution in [2.45, 2.75) is 45.2 Å². The molecule has 1 aliphatic heterocycles. The number of nitrogen functional groups attached to an aromatic ring is 1. The molecule has 0 unspecified atom stereocenters. The van der Waals surface area contributed by atoms with Gasteiger partial charge in [-0.05, 0) is 31.0 Å². The first kappa shape index (κ1) is 20.9. The minimum absolute atomic E-state index is 0.0684. The molecule has 1 fully saturated rings. The normalized spacial score (nSPS) is 16.2. The van der Waals surface area contributed by atoms with Crippen molar-refractivity contribution in [3.63, 3.8) is 0 Å². The number of phenols is 1. The summed E-state index contributed by atoms with van der Waals surface area (Å²) >= 11 is 0. The molecule has 1 saturated heterocycles. The Morgan fingerprint density at radius 1 is 1.31 bits per heavy atom. The summed E-state index contributed by atoms with van der Waals surface area (Å²) in [7, 11) is 0. The highest BCUT2D eigenvalue weighted by molar-refractivity contribution is 5.76. The number of benzene rings is 2. The van der Waals surface area contributed by atoms with Crippen LogP contribution in [0.4, 0.5) is 20.2 Å². The molecular weight excluding hydrogens is 376 g/mol. The van der Waals surface area contributed by atoms with Crippen molar-refractivity contribution in [2.24, 2.45) is 0 Å². The van der Waals surface area contributed by atoms with Crippen molar-refractivity contribution < 1.29 is 18.7 Å². The van der Waals surface area contributed by atoms with Gasteiger partial charge in [-0.1, -0.05) is 25.5 Å². The Bertz CT molecular complexity index is 875. The van der Waals surface area contributed by atoms with Crippen LogP contribution in [-0.2, 0) is 11.3 Å². The van der Waals surface area contributed by atoms with Crippen LogP contribution in [0.15, 0.2) is 36.4 Å². The number of phenolic OH excluding ortho intramolecular Hbond substituents is 1. The van der Waals surface area contributed by atoms with Crippen molar-refractivity contribution in [3.8, 4) is 5.75 Å². The number of rotatable bonds is 7. The molecule has 29 heavy (non-hydrogen) atoms. The van der Waals surface area contributed by atoms with Gasteiger partial charge in [0.25, 0.3) is 0 Å². The quantitative estimate of drug-likeness (QED) is 0.541. The van der Waals surface area contributed by atoms with E-state index in [0.717, 1.165) is 18.9 Å². The summed E-state index contributed by atoms with van der Waals surface area (Å²) in [4.78, 5) is 16.1. The van der Waals surface area contributed by atoms with E-state index in [9.17, 15) is 18.7 Å². The van der Waals surface area contributed by atoms with Gasteiger partial charge >= 0.3 is 0 Å². The summed E-state index contributed by atoms with van der Waals surface area (Å²) in [5, 5.41) is 10.0. The number of nitrogens with zero attached hydrogens (tertiary/aromatic N) is 2. The molecule has 0 radical (unpaired) electrons. The number of hydrogen-bond donors (Lipinski definition) is 2. The predicted octanol–water partition coefficient (Wildman–Crippen LogP) is 4.05. The first-order valence-electron chi connectivity index (χ1n) is 9.96. The highest BCUT2D eigenvalue weighted by Gasteiger charge is 2.31. The van der Waals surface area contributed by atoms with Gasteiger partial charge in [0, 0.05) is 49.4 Å². The maximum atomic E-state index is 14.3. The summed E-state index contributed by atoms with van der Waals surface area (Å²) in [5.74, 6) is -1.73. The lowest BCUT2D eigenvalue weighted by molar-refractivity contribution is -0.130. The number of carbonyl (C=O) groups excluding carboxylic acids is 1. The van der Waals surface area contributed by atoms with Crippen LogP contribution >= 0.6 is 0 Å². The topological polar surface area (TPSA) is 69.8 Å². The average molecular weight is 403 g/mol. The molecule has 1 heterocycles. The highest BCUT2D eigenvalue weighted by atomic mass is 19.2. The first-order chi connectivity index (χ1) is 13.9. The molecule has 156 valence electrons. The minimum atomic E-state index is -0.898. The third kappa shape index (κ3) is 4.78. The SMILES string of the molecule is CCCCC(=O)N1CC[C@H](N(Cc2cccc(F)c2F)c2ccc(N)c(O)c2)C1. The molecule has 3 rings (SSSR count). The van der Waals surface area contributed by atoms with Crippen LogP contribution in [0.1, 0.15) is 38.2 Å². The van der Waals surface area contributed by atoms with Gasteiger partial charge < -0.3 is 20.6 Å². The van der Waals surface area contributed by atoms with Crippen LogP contribution in [-0.4, -0.2) is 35.0 Å². The molecule has 3 N–H and O–H groups in total. The van der Waals surface area contributed by atoms with E-state index < -0.39 is 11.6 Å². The number of aromatic hydroxyl groups is 1. The second-order valence-electron chi connectivity index (χ2n) is 7.47. The van der Waals surface area contributed by atoms with Crippen LogP contribution in [0.5, 0.6) is 5.75 Å². The molecule has 1 amide bonds. The fourth-order valence-electron chi connectivity index (χ4n) is 3.70. The largest absolute Gasteiger partial charge is 0.506 e. The second-order valence-corrected chi connectivity index (χ2v) is 7.47. The van der Waals surface area contributed by atoms with E-state index >= 15 is 0 Å². The molecule has 5 nitrogen and oxygen atoms in total. The smallest absolute Gasteiger partial charge is 0.222 e. The van der Waals surface area contributed by atoms with Crippen LogP contribution in [0.3, 0.4) is 0 Å². The summed E-state index contributed by atoms with van der Waals surface area (Å²) in [5.41, 5.74) is 6.83. The third-order valence-electron chi connectivity index (χ3n) is 5.42. The molecule has 1 aliphatic rings. The number of hydrogen-bond acceptors (Lipinski definition) is 4. The Balaban J connectivity index is 1.86. The zero-order chi connectivity index (χ0) is 21.0. The summed E-state index contributed by atoms with van der Waals surface area (Å²) in [6.07, 6.45) is 3.03. The van der Waals surface area contributed by atoms with Gasteiger partial charge in [0.2, 0.25) is 5.91 Å². The molecular formula is C22H27F2N3O2. The van der Waals surface area contributed by atoms with Crippen molar-refractivity contribution in [1.82, 2.24) is 4.90 Å². The number of likely N-dealkylation sites (tertiary alicyclic amines) is 1. The molecule has 0 aromatic heterocycles. The third-order valence-corrected chi connectivity index (χ3v) is 5.42. The molecule has 0 saturated carbocycles. The van der Waals surface area contributed by atoms with Crippen LogP contribution in [0.25, 0.3) is 0 Å². The van der Waals surface area contributed by atoms with Crippen molar-refractivity contribution >= 4 is 17.3 Å².